The Balaban J connectivity index is 0.00000183. The Kier molecular flexibility index (Phi) is 16.9. The predicted octanol–water partition coefficient (Wildman–Crippen LogP) is 1.15. The average molecular weight is 1030 g/mol. The number of ether oxygens (including phenoxy) is 7. The minimum absolute atomic E-state index is 0.0357. The number of fused-ring (bicyclic) bond motifs is 5. The fourth-order valence-electron chi connectivity index (χ4n) is 10.1. The van der Waals surface area contributed by atoms with Crippen LogP contribution >= 0.6 is 0 Å². The van der Waals surface area contributed by atoms with Gasteiger partial charge in [-0.1, -0.05) is 62.4 Å². The molecule has 3 fully saturated rings. The van der Waals surface area contributed by atoms with Crippen molar-refractivity contribution < 1.29 is 101 Å². The topological polar surface area (TPSA) is 342 Å². The maximum atomic E-state index is 15.2. The SMILES string of the molecule is CC(=O)O[C@@]12CO[C@@H]1C[C@H](O)[C@@]1(C)C(=O)[C@H](O)C3=C(C)[C@@H](OC(=O)[C@H](OC(=O)COC(=O)[C@H](C)[NH3+])[C@@H](NC(=O)OC(C)(C)C)c4ccccc4)C[C@@](O)([C@@H](OC(=O)c4ccccc4)[C@H]21)C3(C)C.CS(=O)(=O)[O-]. The van der Waals surface area contributed by atoms with Gasteiger partial charge in [0.2, 0.25) is 6.10 Å². The molecule has 1 aliphatic heterocycles. The molecule has 2 aromatic carbocycles. The van der Waals surface area contributed by atoms with Crippen molar-refractivity contribution in [3.63, 3.8) is 0 Å². The molecule has 396 valence electrons. The lowest BCUT2D eigenvalue weighted by Gasteiger charge is -2.67. The number of amides is 1. The summed E-state index contributed by atoms with van der Waals surface area (Å²) < 4.78 is 67.9. The van der Waals surface area contributed by atoms with Crippen molar-refractivity contribution in [3.05, 3.63) is 82.9 Å². The van der Waals surface area contributed by atoms with Crippen molar-refractivity contribution in [2.45, 2.75) is 141 Å². The molecule has 6 rings (SSSR count). The van der Waals surface area contributed by atoms with Crippen LogP contribution in [0.5, 0.6) is 0 Å². The molecular weight excluding hydrogens is 969 g/mol. The van der Waals surface area contributed by atoms with Gasteiger partial charge in [-0.3, -0.25) is 9.59 Å². The van der Waals surface area contributed by atoms with E-state index in [1.807, 2.05) is 0 Å². The summed E-state index contributed by atoms with van der Waals surface area (Å²) in [5, 5.41) is 40.6. The number of benzene rings is 2. The lowest BCUT2D eigenvalue weighted by atomic mass is 9.44. The van der Waals surface area contributed by atoms with E-state index >= 15 is 4.79 Å². The van der Waals surface area contributed by atoms with Crippen LogP contribution in [0.1, 0.15) is 97.1 Å². The Morgan fingerprint density at radius 3 is 2.04 bits per heavy atom. The molecule has 7 N–H and O–H groups in total. The van der Waals surface area contributed by atoms with Crippen molar-refractivity contribution in [1.82, 2.24) is 5.32 Å². The highest BCUT2D eigenvalue weighted by atomic mass is 32.2. The molecule has 1 heterocycles. The van der Waals surface area contributed by atoms with E-state index in [1.165, 1.54) is 58.9 Å². The molecule has 12 atom stereocenters. The summed E-state index contributed by atoms with van der Waals surface area (Å²) in [6.45, 7) is 11.9. The molecule has 0 aromatic heterocycles. The molecule has 23 heteroatoms. The summed E-state index contributed by atoms with van der Waals surface area (Å²) in [6, 6.07) is 13.2. The third kappa shape index (κ3) is 11.8. The highest BCUT2D eigenvalue weighted by Gasteiger charge is 2.78. The van der Waals surface area contributed by atoms with Crippen LogP contribution in [0.3, 0.4) is 0 Å². The highest BCUT2D eigenvalue weighted by molar-refractivity contribution is 7.84. The van der Waals surface area contributed by atoms with E-state index < -0.39 is 147 Å². The van der Waals surface area contributed by atoms with Crippen LogP contribution in [0, 0.1) is 16.7 Å². The predicted molar refractivity (Wildman–Crippen MR) is 246 cm³/mol. The Morgan fingerprint density at radius 2 is 1.53 bits per heavy atom. The number of esters is 5. The van der Waals surface area contributed by atoms with Crippen LogP contribution in [0.15, 0.2) is 71.8 Å². The third-order valence-electron chi connectivity index (χ3n) is 13.5. The third-order valence-corrected chi connectivity index (χ3v) is 13.5. The number of hydrogen-bond acceptors (Lipinski definition) is 20. The van der Waals surface area contributed by atoms with Crippen LogP contribution in [-0.4, -0.2) is 149 Å². The standard InChI is InChI=1S/C48H60N2O17.CH4O3S/c1-24-29(63-42(58)36(64-32(53)22-61-40(56)25(2)49)34(27-16-12-10-13-17-27)50-43(59)67-44(4,5)6)21-48(60)39(65-41(57)28-18-14-11-15-19-28)37-46(9,38(55)35(54)33(24)45(48,7)8)30(52)20-31-47(37,23-62-31)66-26(3)51;1-5(2,3)4/h10-19,25,29-31,34-37,39,52,54,60H,20-23,49H2,1-9H3,(H,50,59);1H3,(H,2,3,4)/t25-,29-,30-,31+,34-,35+,36+,37-,39-,46+,47-,48+;/m0./s1. The van der Waals surface area contributed by atoms with E-state index in [2.05, 4.69) is 11.1 Å². The number of carbonyl (C=O) groups excluding carboxylic acids is 7. The second kappa shape index (κ2) is 21.3. The summed E-state index contributed by atoms with van der Waals surface area (Å²) >= 11 is 0. The van der Waals surface area contributed by atoms with E-state index in [-0.39, 0.29) is 35.3 Å². The van der Waals surface area contributed by atoms with E-state index in [1.54, 1.807) is 57.2 Å². The maximum absolute atomic E-state index is 15.2. The van der Waals surface area contributed by atoms with Crippen molar-refractivity contribution in [2.75, 3.05) is 19.5 Å². The van der Waals surface area contributed by atoms with E-state index in [9.17, 15) is 44.1 Å². The van der Waals surface area contributed by atoms with Crippen LogP contribution in [0.2, 0.25) is 0 Å². The summed E-state index contributed by atoms with van der Waals surface area (Å²) in [5.41, 5.74) is -5.34. The second-order valence-corrected chi connectivity index (χ2v) is 21.7. The van der Waals surface area contributed by atoms with Gasteiger partial charge in [0, 0.05) is 31.4 Å². The van der Waals surface area contributed by atoms with Crippen LogP contribution in [0.25, 0.3) is 0 Å². The van der Waals surface area contributed by atoms with Crippen molar-refractivity contribution in [2.24, 2.45) is 16.7 Å². The fraction of sp³-hybridized carbons (Fsp3) is 0.571. The summed E-state index contributed by atoms with van der Waals surface area (Å²) in [6.07, 6.45) is -11.6. The van der Waals surface area contributed by atoms with Gasteiger partial charge in [0.05, 0.1) is 39.7 Å². The van der Waals surface area contributed by atoms with E-state index in [0.29, 0.717) is 6.26 Å². The lowest BCUT2D eigenvalue weighted by Crippen LogP contribution is -2.81. The number of nitrogens with one attached hydrogen (secondary N) is 1. The van der Waals surface area contributed by atoms with Gasteiger partial charge < -0.3 is 64.1 Å². The number of alkyl carbamates (subject to hydrolysis) is 1. The van der Waals surface area contributed by atoms with Gasteiger partial charge in [-0.2, -0.15) is 0 Å². The number of ketones is 1. The largest absolute Gasteiger partial charge is 0.748 e. The minimum Gasteiger partial charge on any atom is -0.748 e. The van der Waals surface area contributed by atoms with Crippen molar-refractivity contribution >= 4 is 51.8 Å². The van der Waals surface area contributed by atoms with Crippen LogP contribution in [-0.2, 0) is 67.2 Å². The number of hydrogen-bond donors (Lipinski definition) is 5. The normalized spacial score (nSPS) is 29.7. The second-order valence-electron chi connectivity index (χ2n) is 20.3. The van der Waals surface area contributed by atoms with Crippen molar-refractivity contribution in [3.8, 4) is 0 Å². The van der Waals surface area contributed by atoms with Crippen LogP contribution < -0.4 is 11.1 Å². The molecule has 1 saturated heterocycles. The average Bonchev–Trinajstić information content (AvgIpc) is 3.27. The van der Waals surface area contributed by atoms with Gasteiger partial charge in [-0.25, -0.2) is 32.4 Å². The number of quaternary nitrogens is 1. The number of carbonyl (C=O) groups is 7. The molecule has 72 heavy (non-hydrogen) atoms. The van der Waals surface area contributed by atoms with E-state index in [0.717, 1.165) is 6.92 Å². The zero-order valence-electron chi connectivity index (χ0n) is 41.7. The van der Waals surface area contributed by atoms with Crippen LogP contribution in [0.4, 0.5) is 4.79 Å². The molecule has 4 aliphatic rings. The van der Waals surface area contributed by atoms with E-state index in [4.69, 9.17) is 46.1 Å². The first-order valence-electron chi connectivity index (χ1n) is 23.0. The maximum Gasteiger partial charge on any atom is 0.408 e. The lowest BCUT2D eigenvalue weighted by molar-refractivity contribution is -0.402. The zero-order chi connectivity index (χ0) is 54.1. The van der Waals surface area contributed by atoms with Gasteiger partial charge in [0.1, 0.15) is 41.7 Å². The molecular formula is C49H64N2O20S. The monoisotopic (exact) mass is 1030 g/mol. The number of aliphatic hydroxyl groups is 3. The molecule has 0 radical (unpaired) electrons. The molecule has 2 aromatic rings. The summed E-state index contributed by atoms with van der Waals surface area (Å²) in [5.74, 6) is -7.75. The quantitative estimate of drug-likeness (QED) is 0.0861. The fourth-order valence-corrected chi connectivity index (χ4v) is 10.1. The van der Waals surface area contributed by atoms with Gasteiger partial charge >= 0.3 is 35.9 Å². The minimum atomic E-state index is -3.92. The molecule has 0 spiro atoms. The van der Waals surface area contributed by atoms with Gasteiger partial charge in [0.15, 0.2) is 24.0 Å². The number of Topliss-reactive ketones (excluding diaryl/α,β-unsaturated/α-hetero) is 1. The summed E-state index contributed by atoms with van der Waals surface area (Å²) in [4.78, 5) is 96.5. The molecule has 3 aliphatic carbocycles. The Morgan fingerprint density at radius 1 is 0.958 bits per heavy atom. The van der Waals surface area contributed by atoms with Crippen molar-refractivity contribution in [1.29, 1.82) is 0 Å². The smallest absolute Gasteiger partial charge is 0.408 e. The Labute approximate surface area is 416 Å². The van der Waals surface area contributed by atoms with Gasteiger partial charge in [-0.05, 0) is 70.4 Å². The van der Waals surface area contributed by atoms with Gasteiger partial charge in [-0.15, -0.1) is 0 Å². The number of aliphatic hydroxyl groups excluding tert-OH is 2. The molecule has 22 nitrogen and oxygen atoms in total. The molecule has 2 bridgehead atoms. The number of rotatable bonds is 12. The molecule has 0 unspecified atom stereocenters. The first-order valence-corrected chi connectivity index (χ1v) is 24.8. The summed E-state index contributed by atoms with van der Waals surface area (Å²) in [7, 11) is -3.92. The first-order chi connectivity index (χ1) is 33.2. The molecule has 2 saturated carbocycles. The highest BCUT2D eigenvalue weighted by Crippen LogP contribution is 2.64. The Bertz CT molecular complexity index is 2540. The Hall–Kier alpha value is -5.82. The molecule has 1 amide bonds. The zero-order valence-corrected chi connectivity index (χ0v) is 42.5. The first kappa shape index (κ1) is 57.1. The van der Waals surface area contributed by atoms with Gasteiger partial charge in [0.25, 0.3) is 0 Å².